The van der Waals surface area contributed by atoms with Crippen LogP contribution in [-0.2, 0) is 0 Å². The largest absolute Gasteiger partial charge is 0.359 e. The van der Waals surface area contributed by atoms with Crippen LogP contribution in [0.15, 0.2) is 21.4 Å². The van der Waals surface area contributed by atoms with Gasteiger partial charge >= 0.3 is 0 Å². The number of hydrogen-bond donors (Lipinski definition) is 0. The molecule has 1 fully saturated rings. The lowest BCUT2D eigenvalue weighted by Crippen LogP contribution is -1.90. The van der Waals surface area contributed by atoms with E-state index in [0.29, 0.717) is 5.92 Å². The molecule has 2 aromatic heterocycles. The topological polar surface area (TPSA) is 38.9 Å². The first kappa shape index (κ1) is 14.3. The molecule has 0 saturated heterocycles. The zero-order valence-electron chi connectivity index (χ0n) is 11.8. The quantitative estimate of drug-likeness (QED) is 0.779. The molecule has 1 aliphatic carbocycles. The van der Waals surface area contributed by atoms with Crippen molar-refractivity contribution in [2.75, 3.05) is 0 Å². The van der Waals surface area contributed by atoms with Crippen LogP contribution in [0.4, 0.5) is 0 Å². The third kappa shape index (κ3) is 2.73. The zero-order valence-corrected chi connectivity index (χ0v) is 13.4. The molecule has 0 aliphatic heterocycles. The number of hydrogen-bond acceptors (Lipinski definition) is 3. The normalized spacial score (nSPS) is 13.9. The third-order valence-electron chi connectivity index (χ3n) is 3.17. The minimum absolute atomic E-state index is 0.563. The van der Waals surface area contributed by atoms with Crippen molar-refractivity contribution in [2.45, 2.75) is 46.5 Å². The minimum atomic E-state index is 0.563. The Hall–Kier alpha value is -1.16. The maximum Gasteiger partial charge on any atom is 0.154 e. The summed E-state index contributed by atoms with van der Waals surface area (Å²) in [6.45, 7) is 8.10. The molecule has 19 heavy (non-hydrogen) atoms. The predicted octanol–water partition coefficient (Wildman–Crippen LogP) is 5.02. The summed E-state index contributed by atoms with van der Waals surface area (Å²) in [4.78, 5) is 4.18. The van der Waals surface area contributed by atoms with Crippen molar-refractivity contribution in [3.05, 3.63) is 33.8 Å². The highest BCUT2D eigenvalue weighted by Gasteiger charge is 2.32. The van der Waals surface area contributed by atoms with Crippen LogP contribution in [0.1, 0.15) is 49.5 Å². The van der Waals surface area contributed by atoms with E-state index in [1.807, 2.05) is 40.1 Å². The summed E-state index contributed by atoms with van der Waals surface area (Å²) < 4.78 is 6.48. The van der Waals surface area contributed by atoms with Crippen LogP contribution < -0.4 is 0 Å². The number of aryl methyl sites for hydroxylation is 2. The summed E-state index contributed by atoms with van der Waals surface area (Å²) in [6.07, 6.45) is 6.14. The van der Waals surface area contributed by atoms with E-state index < -0.39 is 0 Å². The van der Waals surface area contributed by atoms with Gasteiger partial charge in [-0.25, -0.2) is 0 Å². The molecule has 2 aromatic rings. The average Bonchev–Trinajstić information content (AvgIpc) is 3.18. The van der Waals surface area contributed by atoms with Crippen LogP contribution in [0.3, 0.4) is 0 Å². The van der Waals surface area contributed by atoms with Gasteiger partial charge in [-0.15, -0.1) is 0 Å². The maximum absolute atomic E-state index is 5.47. The van der Waals surface area contributed by atoms with Gasteiger partial charge in [0.1, 0.15) is 5.69 Å². The van der Waals surface area contributed by atoms with E-state index in [0.717, 1.165) is 32.6 Å². The Labute approximate surface area is 122 Å². The summed E-state index contributed by atoms with van der Waals surface area (Å²) in [6, 6.07) is 0. The SMILES string of the molecule is CC.Cc1cncc(C)c1-c1noc(C2CC2)c1Br. The molecule has 0 unspecified atom stereocenters. The molecule has 3 rings (SSSR count). The van der Waals surface area contributed by atoms with Crippen molar-refractivity contribution < 1.29 is 4.52 Å². The summed E-state index contributed by atoms with van der Waals surface area (Å²) in [5, 5.41) is 4.22. The first-order chi connectivity index (χ1) is 9.18. The second-order valence-corrected chi connectivity index (χ2v) is 5.42. The highest BCUT2D eigenvalue weighted by molar-refractivity contribution is 9.10. The van der Waals surface area contributed by atoms with Crippen molar-refractivity contribution in [1.82, 2.24) is 10.1 Å². The van der Waals surface area contributed by atoms with Crippen molar-refractivity contribution in [1.29, 1.82) is 0 Å². The van der Waals surface area contributed by atoms with E-state index in [4.69, 9.17) is 4.52 Å². The van der Waals surface area contributed by atoms with Crippen LogP contribution in [0.5, 0.6) is 0 Å². The summed E-state index contributed by atoms with van der Waals surface area (Å²) in [5.41, 5.74) is 4.29. The molecule has 1 saturated carbocycles. The van der Waals surface area contributed by atoms with E-state index in [1.54, 1.807) is 0 Å². The van der Waals surface area contributed by atoms with Crippen LogP contribution in [0, 0.1) is 13.8 Å². The Morgan fingerprint density at radius 1 is 1.16 bits per heavy atom. The number of rotatable bonds is 2. The van der Waals surface area contributed by atoms with Gasteiger partial charge in [-0.3, -0.25) is 4.98 Å². The van der Waals surface area contributed by atoms with E-state index >= 15 is 0 Å². The fourth-order valence-corrected chi connectivity index (χ4v) is 2.79. The second-order valence-electron chi connectivity index (χ2n) is 4.63. The van der Waals surface area contributed by atoms with Crippen molar-refractivity contribution in [3.8, 4) is 11.3 Å². The Bertz CT molecular complexity index is 553. The standard InChI is InChI=1S/C13H13BrN2O.C2H6/c1-7-5-15-6-8(2)10(7)12-11(14)13(17-16-12)9-3-4-9;1-2/h5-6,9H,3-4H2,1-2H3;1-2H3. The molecule has 0 radical (unpaired) electrons. The van der Waals surface area contributed by atoms with Crippen LogP contribution in [0.2, 0.25) is 0 Å². The predicted molar refractivity (Wildman–Crippen MR) is 80.2 cm³/mol. The molecule has 0 amide bonds. The molecule has 0 spiro atoms. The van der Waals surface area contributed by atoms with E-state index in [-0.39, 0.29) is 0 Å². The average molecular weight is 323 g/mol. The fourth-order valence-electron chi connectivity index (χ4n) is 2.12. The van der Waals surface area contributed by atoms with Gasteiger partial charge < -0.3 is 4.52 Å². The van der Waals surface area contributed by atoms with Gasteiger partial charge in [-0.1, -0.05) is 19.0 Å². The van der Waals surface area contributed by atoms with Crippen molar-refractivity contribution in [3.63, 3.8) is 0 Å². The smallest absolute Gasteiger partial charge is 0.154 e. The molecule has 102 valence electrons. The lowest BCUT2D eigenvalue weighted by molar-refractivity contribution is 0.385. The molecular weight excluding hydrogens is 304 g/mol. The number of pyridine rings is 1. The van der Waals surface area contributed by atoms with Gasteiger partial charge in [-0.2, -0.15) is 0 Å². The van der Waals surface area contributed by atoms with E-state index in [9.17, 15) is 0 Å². The lowest BCUT2D eigenvalue weighted by atomic mass is 10.0. The van der Waals surface area contributed by atoms with E-state index in [2.05, 4.69) is 26.1 Å². The number of aromatic nitrogens is 2. The minimum Gasteiger partial charge on any atom is -0.359 e. The molecule has 0 bridgehead atoms. The van der Waals surface area contributed by atoms with E-state index in [1.165, 1.54) is 12.8 Å². The molecule has 4 heteroatoms. The van der Waals surface area contributed by atoms with Crippen LogP contribution in [0.25, 0.3) is 11.3 Å². The van der Waals surface area contributed by atoms with Crippen molar-refractivity contribution in [2.24, 2.45) is 0 Å². The van der Waals surface area contributed by atoms with Gasteiger partial charge in [-0.05, 0) is 53.7 Å². The Balaban J connectivity index is 0.000000637. The van der Waals surface area contributed by atoms with Gasteiger partial charge in [0, 0.05) is 23.9 Å². The van der Waals surface area contributed by atoms with Crippen LogP contribution >= 0.6 is 15.9 Å². The zero-order chi connectivity index (χ0) is 14.0. The third-order valence-corrected chi connectivity index (χ3v) is 3.94. The number of halogens is 1. The van der Waals surface area contributed by atoms with Gasteiger partial charge in [0.2, 0.25) is 0 Å². The van der Waals surface area contributed by atoms with Gasteiger partial charge in [0.15, 0.2) is 5.76 Å². The highest BCUT2D eigenvalue weighted by Crippen LogP contribution is 2.46. The molecule has 3 nitrogen and oxygen atoms in total. The first-order valence-corrected chi connectivity index (χ1v) is 7.54. The van der Waals surface area contributed by atoms with Gasteiger partial charge in [0.25, 0.3) is 0 Å². The summed E-state index contributed by atoms with van der Waals surface area (Å²) in [5.74, 6) is 1.56. The first-order valence-electron chi connectivity index (χ1n) is 6.75. The number of nitrogens with zero attached hydrogens (tertiary/aromatic N) is 2. The molecule has 2 heterocycles. The van der Waals surface area contributed by atoms with Crippen LogP contribution in [-0.4, -0.2) is 10.1 Å². The Kier molecular flexibility index (Phi) is 4.40. The highest BCUT2D eigenvalue weighted by atomic mass is 79.9. The summed E-state index contributed by atoms with van der Waals surface area (Å²) in [7, 11) is 0. The molecule has 1 aliphatic rings. The molecular formula is C15H19BrN2O. The Morgan fingerprint density at radius 2 is 1.74 bits per heavy atom. The lowest BCUT2D eigenvalue weighted by Gasteiger charge is -2.05. The van der Waals surface area contributed by atoms with Crippen molar-refractivity contribution >= 4 is 15.9 Å². The maximum atomic E-state index is 5.47. The molecule has 0 aromatic carbocycles. The Morgan fingerprint density at radius 3 is 2.26 bits per heavy atom. The second kappa shape index (κ2) is 5.87. The van der Waals surface area contributed by atoms with Gasteiger partial charge in [0.05, 0.1) is 4.47 Å². The molecule has 0 atom stereocenters. The monoisotopic (exact) mass is 322 g/mol. The summed E-state index contributed by atoms with van der Waals surface area (Å²) >= 11 is 3.62. The fraction of sp³-hybridized carbons (Fsp3) is 0.467. The molecule has 0 N–H and O–H groups in total.